The van der Waals surface area contributed by atoms with Crippen molar-refractivity contribution in [1.29, 1.82) is 0 Å². The molecule has 0 radical (unpaired) electrons. The minimum absolute atomic E-state index is 0.161. The van der Waals surface area contributed by atoms with E-state index in [0.717, 1.165) is 23.9 Å². The summed E-state index contributed by atoms with van der Waals surface area (Å²) >= 11 is 5.75. The van der Waals surface area contributed by atoms with Crippen LogP contribution >= 0.6 is 11.6 Å². The minimum atomic E-state index is -3.90. The molecular weight excluding hydrogens is 305 g/mol. The van der Waals surface area contributed by atoms with Gasteiger partial charge in [0.15, 0.2) is 5.82 Å². The smallest absolute Gasteiger partial charge is 0.264 e. The van der Waals surface area contributed by atoms with Crippen molar-refractivity contribution in [3.63, 3.8) is 0 Å². The number of nitrogens with one attached hydrogen (secondary N) is 2. The molecule has 1 aromatic carbocycles. The first-order valence-electron chi connectivity index (χ1n) is 5.83. The Hall–Kier alpha value is -1.60. The highest BCUT2D eigenvalue weighted by atomic mass is 35.5. The van der Waals surface area contributed by atoms with Gasteiger partial charge in [-0.3, -0.25) is 9.82 Å². The number of aromatic nitrogens is 2. The van der Waals surface area contributed by atoms with Crippen LogP contribution in [-0.2, 0) is 10.0 Å². The molecule has 0 amide bonds. The van der Waals surface area contributed by atoms with Gasteiger partial charge in [-0.25, -0.2) is 12.8 Å². The van der Waals surface area contributed by atoms with Crippen LogP contribution in [0.2, 0.25) is 5.02 Å². The number of rotatable bonds is 4. The molecule has 0 aliphatic heterocycles. The van der Waals surface area contributed by atoms with Gasteiger partial charge in [0.1, 0.15) is 10.7 Å². The quantitative estimate of drug-likeness (QED) is 0.909. The highest BCUT2D eigenvalue weighted by Gasteiger charge is 2.20. The third kappa shape index (κ3) is 3.10. The summed E-state index contributed by atoms with van der Waals surface area (Å²) in [6, 6.07) is 4.68. The number of aromatic amines is 1. The zero-order valence-corrected chi connectivity index (χ0v) is 12.4. The molecule has 2 N–H and O–H groups in total. The first kappa shape index (κ1) is 14.8. The van der Waals surface area contributed by atoms with Gasteiger partial charge >= 0.3 is 0 Å². The molecule has 0 atom stereocenters. The van der Waals surface area contributed by atoms with E-state index in [1.165, 1.54) is 0 Å². The van der Waals surface area contributed by atoms with Gasteiger partial charge in [0.05, 0.1) is 5.02 Å². The Balaban J connectivity index is 2.30. The first-order chi connectivity index (χ1) is 9.29. The zero-order chi connectivity index (χ0) is 14.9. The maximum atomic E-state index is 12.9. The highest BCUT2D eigenvalue weighted by molar-refractivity contribution is 7.92. The van der Waals surface area contributed by atoms with E-state index < -0.39 is 15.8 Å². The minimum Gasteiger partial charge on any atom is -0.280 e. The van der Waals surface area contributed by atoms with E-state index in [9.17, 15) is 12.8 Å². The first-order valence-corrected chi connectivity index (χ1v) is 7.69. The summed E-state index contributed by atoms with van der Waals surface area (Å²) in [4.78, 5) is -0.199. The molecule has 2 aromatic rings. The second kappa shape index (κ2) is 5.41. The molecule has 5 nitrogen and oxygen atoms in total. The van der Waals surface area contributed by atoms with Crippen LogP contribution in [-0.4, -0.2) is 18.6 Å². The second-order valence-corrected chi connectivity index (χ2v) is 6.60. The van der Waals surface area contributed by atoms with E-state index in [0.29, 0.717) is 0 Å². The number of nitrogens with zero attached hydrogens (tertiary/aromatic N) is 1. The van der Waals surface area contributed by atoms with E-state index in [-0.39, 0.29) is 21.7 Å². The normalized spacial score (nSPS) is 11.8. The molecule has 8 heteroatoms. The van der Waals surface area contributed by atoms with Crippen molar-refractivity contribution in [3.8, 4) is 0 Å². The molecule has 108 valence electrons. The lowest BCUT2D eigenvalue weighted by molar-refractivity contribution is 0.599. The maximum Gasteiger partial charge on any atom is 0.264 e. The number of halogens is 2. The Morgan fingerprint density at radius 1 is 1.35 bits per heavy atom. The van der Waals surface area contributed by atoms with Crippen molar-refractivity contribution in [1.82, 2.24) is 10.2 Å². The van der Waals surface area contributed by atoms with Crippen molar-refractivity contribution in [2.45, 2.75) is 24.7 Å². The van der Waals surface area contributed by atoms with Crippen LogP contribution in [0.5, 0.6) is 0 Å². The fourth-order valence-electron chi connectivity index (χ4n) is 1.57. The summed E-state index contributed by atoms with van der Waals surface area (Å²) in [6.07, 6.45) is 0. The van der Waals surface area contributed by atoms with Crippen LogP contribution in [0.4, 0.5) is 10.2 Å². The lowest BCUT2D eigenvalue weighted by Crippen LogP contribution is -2.13. The molecule has 1 aromatic heterocycles. The molecule has 0 saturated carbocycles. The third-order valence-electron chi connectivity index (χ3n) is 2.64. The lowest BCUT2D eigenvalue weighted by atomic mass is 10.1. The number of hydrogen-bond acceptors (Lipinski definition) is 3. The molecule has 2 rings (SSSR count). The monoisotopic (exact) mass is 317 g/mol. The molecule has 0 bridgehead atoms. The summed E-state index contributed by atoms with van der Waals surface area (Å²) in [5.41, 5.74) is 0.799. The van der Waals surface area contributed by atoms with Crippen molar-refractivity contribution in [3.05, 3.63) is 40.8 Å². The van der Waals surface area contributed by atoms with E-state index in [1.54, 1.807) is 6.07 Å². The SMILES string of the molecule is CC(C)c1cc(NS(=O)(=O)c2ccc(F)cc2Cl)n[nH]1. The van der Waals surface area contributed by atoms with Crippen molar-refractivity contribution in [2.24, 2.45) is 0 Å². The predicted octanol–water partition coefficient (Wildman–Crippen LogP) is 3.13. The summed E-state index contributed by atoms with van der Waals surface area (Å²) in [6.45, 7) is 3.89. The van der Waals surface area contributed by atoms with Gasteiger partial charge in [-0.2, -0.15) is 5.10 Å². The Labute approximate surface area is 121 Å². The number of benzene rings is 1. The van der Waals surface area contributed by atoms with Gasteiger partial charge in [0.2, 0.25) is 0 Å². The Bertz CT molecular complexity index is 728. The van der Waals surface area contributed by atoms with Gasteiger partial charge in [0.25, 0.3) is 10.0 Å². The summed E-state index contributed by atoms with van der Waals surface area (Å²) in [5.74, 6) is -0.250. The van der Waals surface area contributed by atoms with Crippen LogP contribution in [0.3, 0.4) is 0 Å². The van der Waals surface area contributed by atoms with Crippen molar-refractivity contribution in [2.75, 3.05) is 4.72 Å². The number of hydrogen-bond donors (Lipinski definition) is 2. The number of H-pyrrole nitrogens is 1. The van der Waals surface area contributed by atoms with Gasteiger partial charge in [-0.15, -0.1) is 0 Å². The van der Waals surface area contributed by atoms with E-state index in [2.05, 4.69) is 14.9 Å². The largest absolute Gasteiger partial charge is 0.280 e. The van der Waals surface area contributed by atoms with E-state index >= 15 is 0 Å². The summed E-state index contributed by atoms with van der Waals surface area (Å²) in [5, 5.41) is 6.41. The van der Waals surface area contributed by atoms with Crippen molar-refractivity contribution < 1.29 is 12.8 Å². The molecule has 0 aliphatic carbocycles. The van der Waals surface area contributed by atoms with E-state index in [4.69, 9.17) is 11.6 Å². The second-order valence-electron chi connectivity index (χ2n) is 4.54. The third-order valence-corrected chi connectivity index (χ3v) is 4.48. The maximum absolute atomic E-state index is 12.9. The standard InChI is InChI=1S/C12H13ClFN3O2S/c1-7(2)10-6-12(16-15-10)17-20(18,19)11-4-3-8(14)5-9(11)13/h3-7H,1-2H3,(H2,15,16,17). The average molecular weight is 318 g/mol. The van der Waals surface area contributed by atoms with Gasteiger partial charge in [-0.05, 0) is 24.1 Å². The molecule has 0 unspecified atom stereocenters. The number of anilines is 1. The van der Waals surface area contributed by atoms with Crippen LogP contribution < -0.4 is 4.72 Å². The van der Waals surface area contributed by atoms with Gasteiger partial charge in [0, 0.05) is 11.8 Å². The fraction of sp³-hybridized carbons (Fsp3) is 0.250. The molecule has 0 fully saturated rings. The Kier molecular flexibility index (Phi) is 4.01. The molecule has 0 aliphatic rings. The van der Waals surface area contributed by atoms with Gasteiger partial charge in [-0.1, -0.05) is 25.4 Å². The van der Waals surface area contributed by atoms with Crippen LogP contribution in [0, 0.1) is 5.82 Å². The van der Waals surface area contributed by atoms with Crippen LogP contribution in [0.25, 0.3) is 0 Å². The Morgan fingerprint density at radius 3 is 2.60 bits per heavy atom. The van der Waals surface area contributed by atoms with Gasteiger partial charge < -0.3 is 0 Å². The molecule has 0 spiro atoms. The lowest BCUT2D eigenvalue weighted by Gasteiger charge is -2.07. The van der Waals surface area contributed by atoms with Crippen LogP contribution in [0.15, 0.2) is 29.2 Å². The molecular formula is C12H13ClFN3O2S. The predicted molar refractivity (Wildman–Crippen MR) is 74.9 cm³/mol. The molecule has 1 heterocycles. The highest BCUT2D eigenvalue weighted by Crippen LogP contribution is 2.24. The fourth-order valence-corrected chi connectivity index (χ4v) is 3.10. The van der Waals surface area contributed by atoms with Crippen molar-refractivity contribution >= 4 is 27.4 Å². The topological polar surface area (TPSA) is 74.8 Å². The van der Waals surface area contributed by atoms with Crippen LogP contribution in [0.1, 0.15) is 25.5 Å². The summed E-state index contributed by atoms with van der Waals surface area (Å²) in [7, 11) is -3.90. The summed E-state index contributed by atoms with van der Waals surface area (Å²) < 4.78 is 39.5. The zero-order valence-electron chi connectivity index (χ0n) is 10.8. The Morgan fingerprint density at radius 2 is 2.05 bits per heavy atom. The number of sulfonamides is 1. The average Bonchev–Trinajstić information content (AvgIpc) is 2.76. The van der Waals surface area contributed by atoms with E-state index in [1.807, 2.05) is 13.8 Å². The molecule has 20 heavy (non-hydrogen) atoms. The molecule has 0 saturated heterocycles.